The Balaban J connectivity index is 1.91. The molecule has 0 atom stereocenters. The van der Waals surface area contributed by atoms with E-state index < -0.39 is 0 Å². The SMILES string of the molecule is Cc1c(C2CCNCC2)cnn1-c1ccc(Cl)cc1. The Hall–Kier alpha value is -1.32. The first-order chi connectivity index (χ1) is 9.25. The van der Waals surface area contributed by atoms with Gasteiger partial charge in [-0.3, -0.25) is 0 Å². The van der Waals surface area contributed by atoms with Crippen molar-refractivity contribution in [3.05, 3.63) is 46.7 Å². The van der Waals surface area contributed by atoms with Gasteiger partial charge in [-0.05, 0) is 68.6 Å². The van der Waals surface area contributed by atoms with E-state index in [2.05, 4.69) is 17.3 Å². The Morgan fingerprint density at radius 1 is 1.21 bits per heavy atom. The minimum Gasteiger partial charge on any atom is -0.317 e. The summed E-state index contributed by atoms with van der Waals surface area (Å²) in [6, 6.07) is 7.83. The Morgan fingerprint density at radius 3 is 2.58 bits per heavy atom. The van der Waals surface area contributed by atoms with Gasteiger partial charge < -0.3 is 5.32 Å². The number of aromatic nitrogens is 2. The van der Waals surface area contributed by atoms with Crippen molar-refractivity contribution < 1.29 is 0 Å². The number of rotatable bonds is 2. The Labute approximate surface area is 118 Å². The number of hydrogen-bond donors (Lipinski definition) is 1. The van der Waals surface area contributed by atoms with E-state index in [-0.39, 0.29) is 0 Å². The smallest absolute Gasteiger partial charge is 0.0649 e. The molecule has 1 saturated heterocycles. The molecule has 1 aliphatic heterocycles. The highest BCUT2D eigenvalue weighted by atomic mass is 35.5. The highest BCUT2D eigenvalue weighted by Crippen LogP contribution is 2.28. The highest BCUT2D eigenvalue weighted by Gasteiger charge is 2.20. The van der Waals surface area contributed by atoms with Gasteiger partial charge in [0, 0.05) is 10.7 Å². The lowest BCUT2D eigenvalue weighted by Crippen LogP contribution is -2.26. The highest BCUT2D eigenvalue weighted by molar-refractivity contribution is 6.30. The van der Waals surface area contributed by atoms with Gasteiger partial charge in [0.1, 0.15) is 0 Å². The fourth-order valence-corrected chi connectivity index (χ4v) is 2.92. The molecule has 100 valence electrons. The largest absolute Gasteiger partial charge is 0.317 e. The summed E-state index contributed by atoms with van der Waals surface area (Å²) in [4.78, 5) is 0. The van der Waals surface area contributed by atoms with Crippen molar-refractivity contribution in [3.8, 4) is 5.69 Å². The van der Waals surface area contributed by atoms with Crippen LogP contribution in [0, 0.1) is 6.92 Å². The number of nitrogens with zero attached hydrogens (tertiary/aromatic N) is 2. The van der Waals surface area contributed by atoms with E-state index in [9.17, 15) is 0 Å². The quantitative estimate of drug-likeness (QED) is 0.911. The van der Waals surface area contributed by atoms with Gasteiger partial charge >= 0.3 is 0 Å². The first-order valence-corrected chi connectivity index (χ1v) is 7.14. The lowest BCUT2D eigenvalue weighted by molar-refractivity contribution is 0.459. The summed E-state index contributed by atoms with van der Waals surface area (Å²) in [7, 11) is 0. The van der Waals surface area contributed by atoms with E-state index in [4.69, 9.17) is 11.6 Å². The molecule has 0 saturated carbocycles. The molecule has 1 aromatic heterocycles. The second-order valence-electron chi connectivity index (χ2n) is 5.10. The maximum Gasteiger partial charge on any atom is 0.0649 e. The number of nitrogens with one attached hydrogen (secondary N) is 1. The first-order valence-electron chi connectivity index (χ1n) is 6.77. The van der Waals surface area contributed by atoms with Gasteiger partial charge in [-0.15, -0.1) is 0 Å². The summed E-state index contributed by atoms with van der Waals surface area (Å²) in [6.07, 6.45) is 4.43. The van der Waals surface area contributed by atoms with Gasteiger partial charge in [0.25, 0.3) is 0 Å². The predicted molar refractivity (Wildman–Crippen MR) is 78.2 cm³/mol. The molecule has 19 heavy (non-hydrogen) atoms. The molecule has 0 radical (unpaired) electrons. The Kier molecular flexibility index (Phi) is 3.58. The number of hydrogen-bond acceptors (Lipinski definition) is 2. The maximum absolute atomic E-state index is 5.93. The molecule has 2 aromatic rings. The van der Waals surface area contributed by atoms with Gasteiger partial charge in [-0.2, -0.15) is 5.10 Å². The van der Waals surface area contributed by atoms with Crippen LogP contribution in [0.15, 0.2) is 30.5 Å². The molecule has 0 amide bonds. The van der Waals surface area contributed by atoms with Crippen LogP contribution in [-0.2, 0) is 0 Å². The van der Waals surface area contributed by atoms with E-state index in [0.717, 1.165) is 23.8 Å². The minimum absolute atomic E-state index is 0.641. The third-order valence-corrected chi connectivity index (χ3v) is 4.15. The Bertz CT molecular complexity index is 553. The summed E-state index contributed by atoms with van der Waals surface area (Å²) in [5.74, 6) is 0.641. The Morgan fingerprint density at radius 2 is 1.89 bits per heavy atom. The van der Waals surface area contributed by atoms with Crippen LogP contribution in [0.25, 0.3) is 5.69 Å². The van der Waals surface area contributed by atoms with Gasteiger partial charge in [0.2, 0.25) is 0 Å². The van der Waals surface area contributed by atoms with Crippen molar-refractivity contribution in [3.63, 3.8) is 0 Å². The van der Waals surface area contributed by atoms with Crippen LogP contribution in [0.2, 0.25) is 5.02 Å². The molecule has 0 unspecified atom stereocenters. The van der Waals surface area contributed by atoms with Gasteiger partial charge in [-0.1, -0.05) is 11.6 Å². The molecule has 0 aliphatic carbocycles. The average molecular weight is 276 g/mol. The van der Waals surface area contributed by atoms with Crippen molar-refractivity contribution >= 4 is 11.6 Å². The fraction of sp³-hybridized carbons (Fsp3) is 0.400. The number of benzene rings is 1. The summed E-state index contributed by atoms with van der Waals surface area (Å²) in [5.41, 5.74) is 3.70. The normalized spacial score (nSPS) is 16.7. The molecule has 4 heteroatoms. The number of halogens is 1. The molecule has 1 fully saturated rings. The van der Waals surface area contributed by atoms with E-state index in [1.54, 1.807) is 0 Å². The van der Waals surface area contributed by atoms with E-state index in [1.807, 2.05) is 35.1 Å². The average Bonchev–Trinajstić information content (AvgIpc) is 2.83. The summed E-state index contributed by atoms with van der Waals surface area (Å²) < 4.78 is 2.01. The molecule has 1 aromatic carbocycles. The molecule has 1 aliphatic rings. The van der Waals surface area contributed by atoms with Crippen molar-refractivity contribution in [2.75, 3.05) is 13.1 Å². The van der Waals surface area contributed by atoms with Crippen LogP contribution in [0.4, 0.5) is 0 Å². The van der Waals surface area contributed by atoms with Crippen LogP contribution in [0.3, 0.4) is 0 Å². The van der Waals surface area contributed by atoms with Gasteiger partial charge in [-0.25, -0.2) is 4.68 Å². The zero-order chi connectivity index (χ0) is 13.2. The maximum atomic E-state index is 5.93. The lowest BCUT2D eigenvalue weighted by Gasteiger charge is -2.22. The monoisotopic (exact) mass is 275 g/mol. The molecular formula is C15H18ClN3. The zero-order valence-electron chi connectivity index (χ0n) is 11.1. The second kappa shape index (κ2) is 5.35. The second-order valence-corrected chi connectivity index (χ2v) is 5.53. The topological polar surface area (TPSA) is 29.9 Å². The van der Waals surface area contributed by atoms with Gasteiger partial charge in [0.15, 0.2) is 0 Å². The van der Waals surface area contributed by atoms with E-state index in [0.29, 0.717) is 5.92 Å². The van der Waals surface area contributed by atoms with Crippen LogP contribution in [0.1, 0.15) is 30.0 Å². The lowest BCUT2D eigenvalue weighted by atomic mass is 9.91. The van der Waals surface area contributed by atoms with Gasteiger partial charge in [0.05, 0.1) is 11.9 Å². The van der Waals surface area contributed by atoms with Crippen LogP contribution >= 0.6 is 11.6 Å². The molecule has 2 heterocycles. The van der Waals surface area contributed by atoms with Crippen LogP contribution in [-0.4, -0.2) is 22.9 Å². The summed E-state index contributed by atoms with van der Waals surface area (Å²) >= 11 is 5.93. The zero-order valence-corrected chi connectivity index (χ0v) is 11.8. The number of piperidine rings is 1. The molecule has 3 rings (SSSR count). The predicted octanol–water partition coefficient (Wildman–Crippen LogP) is 3.30. The fourth-order valence-electron chi connectivity index (χ4n) is 2.80. The van der Waals surface area contributed by atoms with E-state index in [1.165, 1.54) is 24.1 Å². The molecular weight excluding hydrogens is 258 g/mol. The first kappa shape index (κ1) is 12.7. The molecule has 0 spiro atoms. The summed E-state index contributed by atoms with van der Waals surface area (Å²) in [5, 5.41) is 8.71. The molecule has 1 N–H and O–H groups in total. The van der Waals surface area contributed by atoms with Crippen molar-refractivity contribution in [2.24, 2.45) is 0 Å². The molecule has 0 bridgehead atoms. The van der Waals surface area contributed by atoms with Crippen molar-refractivity contribution in [2.45, 2.75) is 25.7 Å². The van der Waals surface area contributed by atoms with Crippen molar-refractivity contribution in [1.29, 1.82) is 0 Å². The third kappa shape index (κ3) is 2.53. The standard InChI is InChI=1S/C15H18ClN3/c1-11-15(12-6-8-17-9-7-12)10-18-19(11)14-4-2-13(16)3-5-14/h2-5,10,12,17H,6-9H2,1H3. The third-order valence-electron chi connectivity index (χ3n) is 3.90. The van der Waals surface area contributed by atoms with E-state index >= 15 is 0 Å². The summed E-state index contributed by atoms with van der Waals surface area (Å²) in [6.45, 7) is 4.37. The van der Waals surface area contributed by atoms with Crippen molar-refractivity contribution in [1.82, 2.24) is 15.1 Å². The minimum atomic E-state index is 0.641. The van der Waals surface area contributed by atoms with Crippen LogP contribution < -0.4 is 5.32 Å². The molecule has 3 nitrogen and oxygen atoms in total. The van der Waals surface area contributed by atoms with Crippen LogP contribution in [0.5, 0.6) is 0 Å².